The number of nitrogens with two attached hydrogens (primary N) is 1. The molecule has 1 unspecified atom stereocenters. The normalized spacial score (nSPS) is 12.3. The number of rotatable bonds is 8. The number of amides is 1. The third-order valence-electron chi connectivity index (χ3n) is 3.44. The lowest BCUT2D eigenvalue weighted by Gasteiger charge is -2.30. The molecule has 9 heteroatoms. The van der Waals surface area contributed by atoms with Gasteiger partial charge in [0.25, 0.3) is 0 Å². The van der Waals surface area contributed by atoms with Gasteiger partial charge in [0.05, 0.1) is 7.11 Å². The zero-order chi connectivity index (χ0) is 19.2. The summed E-state index contributed by atoms with van der Waals surface area (Å²) < 4.78 is 10.9. The maximum atomic E-state index is 12.1. The summed E-state index contributed by atoms with van der Waals surface area (Å²) in [7, 11) is 1.41. The maximum absolute atomic E-state index is 12.1. The molecule has 6 N–H and O–H groups in total. The number of anilines is 1. The molecule has 0 aliphatic heterocycles. The highest BCUT2D eigenvalue weighted by molar-refractivity contribution is 5.90. The van der Waals surface area contributed by atoms with Gasteiger partial charge in [-0.1, -0.05) is 24.3 Å². The number of carbonyl (C=O) groups excluding carboxylic acids is 1. The lowest BCUT2D eigenvalue weighted by molar-refractivity contribution is -0.161. The Labute approximate surface area is 149 Å². The molecule has 1 amide bonds. The van der Waals surface area contributed by atoms with E-state index in [9.17, 15) is 14.7 Å². The van der Waals surface area contributed by atoms with Crippen LogP contribution in [0.1, 0.15) is 5.56 Å². The molecular formula is C17H18N4O5. The number of aliphatic carboxylic acids is 1. The lowest BCUT2D eigenvalue weighted by Crippen LogP contribution is -2.53. The Bertz CT molecular complexity index is 826. The van der Waals surface area contributed by atoms with Crippen LogP contribution in [0, 0.1) is 5.41 Å². The maximum Gasteiger partial charge on any atom is 0.375 e. The third-order valence-corrected chi connectivity index (χ3v) is 3.44. The number of hydrogen-bond donors (Lipinski definition) is 5. The van der Waals surface area contributed by atoms with Crippen LogP contribution in [0.5, 0.6) is 11.5 Å². The van der Waals surface area contributed by atoms with Crippen molar-refractivity contribution in [2.45, 2.75) is 5.72 Å². The van der Waals surface area contributed by atoms with E-state index in [0.717, 1.165) is 0 Å². The molecule has 136 valence electrons. The SMILES string of the molecule is COc1ccccc1OC(NC=O)(C(=O)O)c1cccc(NC(=N)N)c1. The number of para-hydroxylation sites is 2. The fraction of sp³-hybridized carbons (Fsp3) is 0.118. The molecule has 0 fully saturated rings. The van der Waals surface area contributed by atoms with Gasteiger partial charge in [0.15, 0.2) is 17.5 Å². The van der Waals surface area contributed by atoms with Crippen LogP contribution in [-0.4, -0.2) is 30.6 Å². The molecule has 0 aliphatic carbocycles. The highest BCUT2D eigenvalue weighted by Crippen LogP contribution is 2.33. The van der Waals surface area contributed by atoms with Gasteiger partial charge in [-0.15, -0.1) is 0 Å². The van der Waals surface area contributed by atoms with Crippen LogP contribution in [-0.2, 0) is 15.3 Å². The van der Waals surface area contributed by atoms with Gasteiger partial charge < -0.3 is 30.9 Å². The van der Waals surface area contributed by atoms with E-state index in [-0.39, 0.29) is 23.7 Å². The molecule has 1 atom stereocenters. The number of carboxylic acid groups (broad SMARTS) is 1. The van der Waals surface area contributed by atoms with E-state index in [4.69, 9.17) is 20.6 Å². The summed E-state index contributed by atoms with van der Waals surface area (Å²) in [6.45, 7) is 0. The van der Waals surface area contributed by atoms with Crippen molar-refractivity contribution in [1.82, 2.24) is 5.32 Å². The minimum atomic E-state index is -2.22. The number of nitrogens with one attached hydrogen (secondary N) is 3. The van der Waals surface area contributed by atoms with E-state index in [2.05, 4.69) is 10.6 Å². The van der Waals surface area contributed by atoms with Crippen molar-refractivity contribution in [2.24, 2.45) is 5.73 Å². The monoisotopic (exact) mass is 358 g/mol. The van der Waals surface area contributed by atoms with Crippen molar-refractivity contribution in [3.8, 4) is 11.5 Å². The molecule has 2 aromatic rings. The predicted octanol–water partition coefficient (Wildman–Crippen LogP) is 1.06. The number of methoxy groups -OCH3 is 1. The molecule has 9 nitrogen and oxygen atoms in total. The molecule has 0 heterocycles. The minimum absolute atomic E-state index is 0.106. The third kappa shape index (κ3) is 3.83. The molecule has 2 aromatic carbocycles. The molecule has 0 aromatic heterocycles. The first-order valence-corrected chi connectivity index (χ1v) is 7.41. The van der Waals surface area contributed by atoms with Crippen LogP contribution in [0.2, 0.25) is 0 Å². The highest BCUT2D eigenvalue weighted by atomic mass is 16.6. The number of carbonyl (C=O) groups is 2. The van der Waals surface area contributed by atoms with Gasteiger partial charge in [0.1, 0.15) is 0 Å². The van der Waals surface area contributed by atoms with E-state index in [1.165, 1.54) is 31.4 Å². The van der Waals surface area contributed by atoms with Crippen molar-refractivity contribution in [3.63, 3.8) is 0 Å². The van der Waals surface area contributed by atoms with E-state index in [1.54, 1.807) is 24.3 Å². The number of benzene rings is 2. The van der Waals surface area contributed by atoms with Gasteiger partial charge in [-0.25, -0.2) is 4.79 Å². The molecule has 2 rings (SSSR count). The van der Waals surface area contributed by atoms with E-state index in [1.807, 2.05) is 0 Å². The van der Waals surface area contributed by atoms with E-state index < -0.39 is 11.7 Å². The van der Waals surface area contributed by atoms with Crippen molar-refractivity contribution in [2.75, 3.05) is 12.4 Å². The van der Waals surface area contributed by atoms with Crippen LogP contribution in [0.25, 0.3) is 0 Å². The van der Waals surface area contributed by atoms with Crippen molar-refractivity contribution < 1.29 is 24.2 Å². The molecule has 0 radical (unpaired) electrons. The van der Waals surface area contributed by atoms with Crippen LogP contribution in [0.15, 0.2) is 48.5 Å². The van der Waals surface area contributed by atoms with Crippen LogP contribution < -0.4 is 25.8 Å². The van der Waals surface area contributed by atoms with Crippen molar-refractivity contribution in [1.29, 1.82) is 5.41 Å². The van der Waals surface area contributed by atoms with Gasteiger partial charge in [-0.2, -0.15) is 0 Å². The summed E-state index contributed by atoms with van der Waals surface area (Å²) in [6, 6.07) is 12.4. The Balaban J connectivity index is 2.56. The largest absolute Gasteiger partial charge is 0.493 e. The Hall–Kier alpha value is -3.75. The van der Waals surface area contributed by atoms with E-state index in [0.29, 0.717) is 11.4 Å². The van der Waals surface area contributed by atoms with Crippen molar-refractivity contribution in [3.05, 3.63) is 54.1 Å². The number of ether oxygens (including phenoxy) is 2. The van der Waals surface area contributed by atoms with Gasteiger partial charge in [0.2, 0.25) is 6.41 Å². The Kier molecular flexibility index (Phi) is 5.63. The van der Waals surface area contributed by atoms with Gasteiger partial charge in [-0.3, -0.25) is 10.2 Å². The summed E-state index contributed by atoms with van der Waals surface area (Å²) in [6.07, 6.45) is 0.231. The number of guanidine groups is 1. The summed E-state index contributed by atoms with van der Waals surface area (Å²) in [5, 5.41) is 21.9. The molecule has 0 saturated heterocycles. The predicted molar refractivity (Wildman–Crippen MR) is 94.1 cm³/mol. The summed E-state index contributed by atoms with van der Waals surface area (Å²) in [5.74, 6) is -1.35. The second-order valence-electron chi connectivity index (χ2n) is 5.12. The van der Waals surface area contributed by atoms with Crippen LogP contribution >= 0.6 is 0 Å². The standard InChI is InChI=1S/C17H18N4O5/c1-25-13-7-2-3-8-14(13)26-17(15(23)24,20-10-22)11-5-4-6-12(9-11)21-16(18)19/h2-10H,1H3,(H,20,22)(H,23,24)(H4,18,19,21). The molecule has 0 aliphatic rings. The van der Waals surface area contributed by atoms with Crippen molar-refractivity contribution >= 4 is 24.0 Å². The Morgan fingerprint density at radius 3 is 2.50 bits per heavy atom. The molecule has 0 spiro atoms. The second-order valence-corrected chi connectivity index (χ2v) is 5.12. The summed E-state index contributed by atoms with van der Waals surface area (Å²) in [5.41, 5.74) is 3.55. The highest BCUT2D eigenvalue weighted by Gasteiger charge is 2.44. The number of hydrogen-bond acceptors (Lipinski definition) is 5. The van der Waals surface area contributed by atoms with Gasteiger partial charge in [-0.05, 0) is 24.3 Å². The Morgan fingerprint density at radius 1 is 1.23 bits per heavy atom. The Morgan fingerprint density at radius 2 is 1.92 bits per heavy atom. The number of carboxylic acids is 1. The first-order chi connectivity index (χ1) is 12.4. The average Bonchev–Trinajstić information content (AvgIpc) is 2.61. The summed E-state index contributed by atoms with van der Waals surface area (Å²) in [4.78, 5) is 23.2. The lowest BCUT2D eigenvalue weighted by atomic mass is 10.0. The fourth-order valence-corrected chi connectivity index (χ4v) is 2.32. The first kappa shape index (κ1) is 18.6. The quantitative estimate of drug-likeness (QED) is 0.205. The zero-order valence-corrected chi connectivity index (χ0v) is 13.9. The van der Waals surface area contributed by atoms with E-state index >= 15 is 0 Å². The average molecular weight is 358 g/mol. The van der Waals surface area contributed by atoms with Crippen LogP contribution in [0.3, 0.4) is 0 Å². The van der Waals surface area contributed by atoms with Gasteiger partial charge >= 0.3 is 11.7 Å². The second kappa shape index (κ2) is 7.88. The zero-order valence-electron chi connectivity index (χ0n) is 13.9. The molecule has 0 bridgehead atoms. The molecule has 0 saturated carbocycles. The van der Waals surface area contributed by atoms with Crippen LogP contribution in [0.4, 0.5) is 5.69 Å². The summed E-state index contributed by atoms with van der Waals surface area (Å²) >= 11 is 0. The first-order valence-electron chi connectivity index (χ1n) is 7.41. The van der Waals surface area contributed by atoms with Gasteiger partial charge in [0, 0.05) is 11.3 Å². The molecular weight excluding hydrogens is 340 g/mol. The smallest absolute Gasteiger partial charge is 0.375 e. The molecule has 26 heavy (non-hydrogen) atoms. The minimum Gasteiger partial charge on any atom is -0.493 e. The fourth-order valence-electron chi connectivity index (χ4n) is 2.32. The topological polar surface area (TPSA) is 147 Å².